The summed E-state index contributed by atoms with van der Waals surface area (Å²) in [6.07, 6.45) is 0.369. The van der Waals surface area contributed by atoms with Crippen LogP contribution in [0.1, 0.15) is 25.0 Å². The number of halogens is 1. The Morgan fingerprint density at radius 3 is 2.58 bits per heavy atom. The zero-order valence-electron chi connectivity index (χ0n) is 14.1. The number of nitrogens with one attached hydrogen (secondary N) is 1. The summed E-state index contributed by atoms with van der Waals surface area (Å²) in [5.74, 6) is 1.30. The van der Waals surface area contributed by atoms with Gasteiger partial charge in [0.1, 0.15) is 0 Å². The van der Waals surface area contributed by atoms with Crippen molar-refractivity contribution in [2.75, 3.05) is 7.11 Å². The number of amides is 1. The van der Waals surface area contributed by atoms with Gasteiger partial charge in [0.05, 0.1) is 19.6 Å². The quantitative estimate of drug-likeness (QED) is 0.823. The van der Waals surface area contributed by atoms with Gasteiger partial charge in [-0.25, -0.2) is 0 Å². The second kappa shape index (κ2) is 8.60. The van der Waals surface area contributed by atoms with E-state index < -0.39 is 0 Å². The third kappa shape index (κ3) is 5.46. The summed E-state index contributed by atoms with van der Waals surface area (Å²) < 4.78 is 11.0. The Kier molecular flexibility index (Phi) is 6.50. The van der Waals surface area contributed by atoms with E-state index in [2.05, 4.69) is 5.32 Å². The molecule has 0 saturated carbocycles. The predicted molar refractivity (Wildman–Crippen MR) is 95.8 cm³/mol. The van der Waals surface area contributed by atoms with Crippen molar-refractivity contribution in [3.05, 3.63) is 58.6 Å². The molecule has 2 aromatic carbocycles. The summed E-state index contributed by atoms with van der Waals surface area (Å²) in [5, 5.41) is 3.53. The highest BCUT2D eigenvalue weighted by molar-refractivity contribution is 6.30. The molecule has 24 heavy (non-hydrogen) atoms. The maximum absolute atomic E-state index is 12.1. The summed E-state index contributed by atoms with van der Waals surface area (Å²) >= 11 is 5.93. The molecule has 2 rings (SSSR count). The maximum atomic E-state index is 12.1. The molecule has 0 aromatic heterocycles. The van der Waals surface area contributed by atoms with E-state index in [1.807, 2.05) is 44.2 Å². The van der Waals surface area contributed by atoms with Crippen LogP contribution in [0.25, 0.3) is 0 Å². The van der Waals surface area contributed by atoms with E-state index in [0.29, 0.717) is 29.5 Å². The molecule has 0 aliphatic rings. The van der Waals surface area contributed by atoms with Crippen LogP contribution < -0.4 is 14.8 Å². The van der Waals surface area contributed by atoms with E-state index in [9.17, 15) is 4.79 Å². The van der Waals surface area contributed by atoms with E-state index in [1.165, 1.54) is 0 Å². The molecule has 0 radical (unpaired) electrons. The number of methoxy groups -OCH3 is 1. The molecule has 128 valence electrons. The van der Waals surface area contributed by atoms with Crippen molar-refractivity contribution < 1.29 is 14.3 Å². The molecule has 0 unspecified atom stereocenters. The van der Waals surface area contributed by atoms with E-state index in [0.717, 1.165) is 11.1 Å². The molecule has 0 aliphatic heterocycles. The highest BCUT2D eigenvalue weighted by Crippen LogP contribution is 2.28. The van der Waals surface area contributed by atoms with Crippen LogP contribution in [-0.4, -0.2) is 19.1 Å². The second-order valence-corrected chi connectivity index (χ2v) is 6.17. The van der Waals surface area contributed by atoms with Crippen LogP contribution in [0.3, 0.4) is 0 Å². The first kappa shape index (κ1) is 18.1. The average molecular weight is 348 g/mol. The van der Waals surface area contributed by atoms with Crippen molar-refractivity contribution in [2.45, 2.75) is 32.9 Å². The number of benzene rings is 2. The number of hydrogen-bond acceptors (Lipinski definition) is 3. The molecule has 1 amide bonds. The zero-order valence-corrected chi connectivity index (χ0v) is 14.9. The minimum atomic E-state index is -0.0567. The van der Waals surface area contributed by atoms with E-state index in [-0.39, 0.29) is 12.0 Å². The van der Waals surface area contributed by atoms with Gasteiger partial charge in [-0.05, 0) is 49.2 Å². The Bertz CT molecular complexity index is 701. The Balaban J connectivity index is 1.94. The Morgan fingerprint density at radius 2 is 1.92 bits per heavy atom. The van der Waals surface area contributed by atoms with Gasteiger partial charge in [0.15, 0.2) is 11.5 Å². The van der Waals surface area contributed by atoms with Gasteiger partial charge in [0, 0.05) is 11.6 Å². The molecular weight excluding hydrogens is 326 g/mol. The summed E-state index contributed by atoms with van der Waals surface area (Å²) in [7, 11) is 1.60. The maximum Gasteiger partial charge on any atom is 0.224 e. The highest BCUT2D eigenvalue weighted by Gasteiger charge is 2.09. The first-order valence-electron chi connectivity index (χ1n) is 7.82. The molecule has 4 nitrogen and oxygen atoms in total. The third-order valence-electron chi connectivity index (χ3n) is 3.33. The van der Waals surface area contributed by atoms with Crippen molar-refractivity contribution in [1.82, 2.24) is 5.32 Å². The molecule has 0 fully saturated rings. The normalized spacial score (nSPS) is 10.5. The monoisotopic (exact) mass is 347 g/mol. The van der Waals surface area contributed by atoms with Crippen LogP contribution in [-0.2, 0) is 17.8 Å². The van der Waals surface area contributed by atoms with Gasteiger partial charge >= 0.3 is 0 Å². The molecule has 0 spiro atoms. The Hall–Kier alpha value is -2.20. The minimum Gasteiger partial charge on any atom is -0.493 e. The largest absolute Gasteiger partial charge is 0.493 e. The van der Waals surface area contributed by atoms with Gasteiger partial charge in [-0.1, -0.05) is 29.8 Å². The van der Waals surface area contributed by atoms with Gasteiger partial charge in [0.2, 0.25) is 5.91 Å². The van der Waals surface area contributed by atoms with Crippen molar-refractivity contribution >= 4 is 17.5 Å². The number of rotatable bonds is 7. The van der Waals surface area contributed by atoms with E-state index in [4.69, 9.17) is 21.1 Å². The van der Waals surface area contributed by atoms with Crippen LogP contribution in [0.15, 0.2) is 42.5 Å². The van der Waals surface area contributed by atoms with Gasteiger partial charge in [0.25, 0.3) is 0 Å². The number of carbonyl (C=O) groups is 1. The number of ether oxygens (including phenoxy) is 2. The fraction of sp³-hybridized carbons (Fsp3) is 0.316. The molecule has 0 saturated heterocycles. The molecule has 0 heterocycles. The van der Waals surface area contributed by atoms with Crippen molar-refractivity contribution in [3.63, 3.8) is 0 Å². The lowest BCUT2D eigenvalue weighted by atomic mass is 10.1. The third-order valence-corrected chi connectivity index (χ3v) is 3.57. The molecule has 5 heteroatoms. The lowest BCUT2D eigenvalue weighted by molar-refractivity contribution is -0.120. The van der Waals surface area contributed by atoms with E-state index >= 15 is 0 Å². The fourth-order valence-electron chi connectivity index (χ4n) is 2.27. The van der Waals surface area contributed by atoms with Gasteiger partial charge in [-0.15, -0.1) is 0 Å². The average Bonchev–Trinajstić information content (AvgIpc) is 2.53. The standard InChI is InChI=1S/C19H22ClNO3/c1-13(2)24-17-8-7-15(10-18(17)23-3)12-21-19(22)11-14-5-4-6-16(20)9-14/h4-10,13H,11-12H2,1-3H3,(H,21,22). The summed E-state index contributed by atoms with van der Waals surface area (Å²) in [4.78, 5) is 12.1. The van der Waals surface area contributed by atoms with Crippen molar-refractivity contribution in [2.24, 2.45) is 0 Å². The van der Waals surface area contributed by atoms with Crippen molar-refractivity contribution in [3.8, 4) is 11.5 Å². The first-order chi connectivity index (χ1) is 11.5. The molecule has 1 N–H and O–H groups in total. The zero-order chi connectivity index (χ0) is 17.5. The smallest absolute Gasteiger partial charge is 0.224 e. The minimum absolute atomic E-state index is 0.0567. The highest BCUT2D eigenvalue weighted by atomic mass is 35.5. The lowest BCUT2D eigenvalue weighted by Crippen LogP contribution is -2.24. The fourth-order valence-corrected chi connectivity index (χ4v) is 2.48. The lowest BCUT2D eigenvalue weighted by Gasteiger charge is -2.14. The number of hydrogen-bond donors (Lipinski definition) is 1. The Labute approximate surface area is 147 Å². The predicted octanol–water partition coefficient (Wildman–Crippen LogP) is 3.99. The Morgan fingerprint density at radius 1 is 1.12 bits per heavy atom. The molecule has 0 aliphatic carbocycles. The van der Waals surface area contributed by atoms with Crippen LogP contribution in [0.5, 0.6) is 11.5 Å². The topological polar surface area (TPSA) is 47.6 Å². The SMILES string of the molecule is COc1cc(CNC(=O)Cc2cccc(Cl)c2)ccc1OC(C)C. The van der Waals surface area contributed by atoms with Crippen LogP contribution in [0.4, 0.5) is 0 Å². The van der Waals surface area contributed by atoms with E-state index in [1.54, 1.807) is 19.2 Å². The van der Waals surface area contributed by atoms with Gasteiger partial charge in [-0.3, -0.25) is 4.79 Å². The summed E-state index contributed by atoms with van der Waals surface area (Å²) in [5.41, 5.74) is 1.83. The first-order valence-corrected chi connectivity index (χ1v) is 8.20. The molecular formula is C19H22ClNO3. The number of carbonyl (C=O) groups excluding carboxylic acids is 1. The summed E-state index contributed by atoms with van der Waals surface area (Å²) in [6.45, 7) is 4.35. The molecule has 2 aromatic rings. The van der Waals surface area contributed by atoms with Crippen molar-refractivity contribution in [1.29, 1.82) is 0 Å². The van der Waals surface area contributed by atoms with Crippen LogP contribution in [0, 0.1) is 0 Å². The van der Waals surface area contributed by atoms with Gasteiger partial charge < -0.3 is 14.8 Å². The summed E-state index contributed by atoms with van der Waals surface area (Å²) in [6, 6.07) is 12.9. The second-order valence-electron chi connectivity index (χ2n) is 5.74. The van der Waals surface area contributed by atoms with Crippen LogP contribution in [0.2, 0.25) is 5.02 Å². The van der Waals surface area contributed by atoms with Crippen LogP contribution >= 0.6 is 11.6 Å². The van der Waals surface area contributed by atoms with Gasteiger partial charge in [-0.2, -0.15) is 0 Å². The molecule has 0 atom stereocenters. The molecule has 0 bridgehead atoms.